The molecule has 5 N–H and O–H groups in total. The zero-order valence-corrected chi connectivity index (χ0v) is 10.9. The standard InChI is InChI=1S/C12H14ClN3O3/c13-8-5-7(10(14)17)1-2-9(8)16-4-3-12(15,6-16)11(18)19/h1-2,5H,3-4,6,15H2,(H2,14,17)(H,18,19). The van der Waals surface area contributed by atoms with Gasteiger partial charge in [-0.15, -0.1) is 0 Å². The fourth-order valence-corrected chi connectivity index (χ4v) is 2.43. The first-order valence-electron chi connectivity index (χ1n) is 5.70. The molecule has 1 aromatic carbocycles. The minimum absolute atomic E-state index is 0.179. The van der Waals surface area contributed by atoms with Gasteiger partial charge in [-0.05, 0) is 24.6 Å². The van der Waals surface area contributed by atoms with E-state index in [-0.39, 0.29) is 6.54 Å². The molecule has 2 rings (SSSR count). The maximum absolute atomic E-state index is 11.1. The molecule has 6 nitrogen and oxygen atoms in total. The van der Waals surface area contributed by atoms with Crippen molar-refractivity contribution in [2.75, 3.05) is 18.0 Å². The molecule has 0 radical (unpaired) electrons. The maximum Gasteiger partial charge on any atom is 0.325 e. The summed E-state index contributed by atoms with van der Waals surface area (Å²) >= 11 is 6.09. The topological polar surface area (TPSA) is 110 Å². The molecule has 1 unspecified atom stereocenters. The lowest BCUT2D eigenvalue weighted by Crippen LogP contribution is -2.50. The number of nitrogens with zero attached hydrogens (tertiary/aromatic N) is 1. The fraction of sp³-hybridized carbons (Fsp3) is 0.333. The number of hydrogen-bond acceptors (Lipinski definition) is 4. The Morgan fingerprint density at radius 3 is 2.58 bits per heavy atom. The van der Waals surface area contributed by atoms with Gasteiger partial charge < -0.3 is 21.5 Å². The van der Waals surface area contributed by atoms with Crippen LogP contribution in [0.15, 0.2) is 18.2 Å². The first kappa shape index (κ1) is 13.6. The molecule has 0 aliphatic carbocycles. The summed E-state index contributed by atoms with van der Waals surface area (Å²) in [6, 6.07) is 4.67. The summed E-state index contributed by atoms with van der Waals surface area (Å²) in [6.07, 6.45) is 0.343. The van der Waals surface area contributed by atoms with Crippen molar-refractivity contribution < 1.29 is 14.7 Å². The first-order chi connectivity index (χ1) is 8.83. The van der Waals surface area contributed by atoms with Crippen LogP contribution in [0, 0.1) is 0 Å². The number of anilines is 1. The van der Waals surface area contributed by atoms with Crippen molar-refractivity contribution in [3.05, 3.63) is 28.8 Å². The van der Waals surface area contributed by atoms with Gasteiger partial charge in [0.05, 0.1) is 10.7 Å². The van der Waals surface area contributed by atoms with Crippen molar-refractivity contribution in [1.82, 2.24) is 0 Å². The molecule has 1 aliphatic rings. The van der Waals surface area contributed by atoms with Crippen LogP contribution in [0.2, 0.25) is 5.02 Å². The SMILES string of the molecule is NC(=O)c1ccc(N2CCC(N)(C(=O)O)C2)c(Cl)c1. The molecule has 19 heavy (non-hydrogen) atoms. The Kier molecular flexibility index (Phi) is 3.38. The zero-order valence-electron chi connectivity index (χ0n) is 10.1. The average Bonchev–Trinajstić information content (AvgIpc) is 2.73. The van der Waals surface area contributed by atoms with E-state index in [9.17, 15) is 9.59 Å². The summed E-state index contributed by atoms with van der Waals surface area (Å²) in [5.74, 6) is -1.59. The van der Waals surface area contributed by atoms with E-state index < -0.39 is 17.4 Å². The Morgan fingerprint density at radius 1 is 1.42 bits per heavy atom. The Labute approximate surface area is 114 Å². The minimum atomic E-state index is -1.26. The monoisotopic (exact) mass is 283 g/mol. The van der Waals surface area contributed by atoms with Crippen LogP contribution in [-0.4, -0.2) is 35.6 Å². The van der Waals surface area contributed by atoms with Gasteiger partial charge in [0.1, 0.15) is 5.54 Å². The van der Waals surface area contributed by atoms with Crippen molar-refractivity contribution in [1.29, 1.82) is 0 Å². The summed E-state index contributed by atoms with van der Waals surface area (Å²) < 4.78 is 0. The fourth-order valence-electron chi connectivity index (χ4n) is 2.13. The lowest BCUT2D eigenvalue weighted by atomic mass is 10.0. The molecule has 102 valence electrons. The molecule has 1 aromatic rings. The van der Waals surface area contributed by atoms with Crippen LogP contribution in [0.25, 0.3) is 0 Å². The highest BCUT2D eigenvalue weighted by atomic mass is 35.5. The van der Waals surface area contributed by atoms with Crippen LogP contribution in [0.4, 0.5) is 5.69 Å². The highest BCUT2D eigenvalue weighted by Crippen LogP contribution is 2.32. The highest BCUT2D eigenvalue weighted by Gasteiger charge is 2.41. The van der Waals surface area contributed by atoms with E-state index in [0.29, 0.717) is 29.2 Å². The summed E-state index contributed by atoms with van der Waals surface area (Å²) in [5, 5.41) is 9.43. The van der Waals surface area contributed by atoms with E-state index in [1.807, 2.05) is 0 Å². The number of primary amides is 1. The second-order valence-corrected chi connectivity index (χ2v) is 5.07. The van der Waals surface area contributed by atoms with Gasteiger partial charge in [-0.3, -0.25) is 9.59 Å². The second-order valence-electron chi connectivity index (χ2n) is 4.66. The molecule has 1 saturated heterocycles. The number of carbonyl (C=O) groups is 2. The van der Waals surface area contributed by atoms with Crippen molar-refractivity contribution in [2.24, 2.45) is 11.5 Å². The Bertz CT molecular complexity index is 549. The molecule has 0 aromatic heterocycles. The van der Waals surface area contributed by atoms with Crippen molar-refractivity contribution in [3.63, 3.8) is 0 Å². The number of rotatable bonds is 3. The first-order valence-corrected chi connectivity index (χ1v) is 6.08. The molecule has 0 spiro atoms. The average molecular weight is 284 g/mol. The molecule has 1 fully saturated rings. The van der Waals surface area contributed by atoms with Gasteiger partial charge in [0.2, 0.25) is 5.91 Å². The molecular formula is C12H14ClN3O3. The lowest BCUT2D eigenvalue weighted by Gasteiger charge is -2.22. The molecule has 0 bridgehead atoms. The van der Waals surface area contributed by atoms with Crippen LogP contribution < -0.4 is 16.4 Å². The van der Waals surface area contributed by atoms with Crippen molar-refractivity contribution >= 4 is 29.2 Å². The third-order valence-corrected chi connectivity index (χ3v) is 3.60. The molecule has 1 aliphatic heterocycles. The minimum Gasteiger partial charge on any atom is -0.480 e. The number of carboxylic acids is 1. The molecule has 0 saturated carbocycles. The Hall–Kier alpha value is -1.79. The van der Waals surface area contributed by atoms with E-state index in [4.69, 9.17) is 28.2 Å². The molecule has 1 heterocycles. The third kappa shape index (κ3) is 2.50. The second kappa shape index (κ2) is 4.71. The van der Waals surface area contributed by atoms with E-state index in [2.05, 4.69) is 0 Å². The van der Waals surface area contributed by atoms with Crippen LogP contribution >= 0.6 is 11.6 Å². The summed E-state index contributed by atoms with van der Waals surface area (Å²) in [7, 11) is 0. The van der Waals surface area contributed by atoms with Crippen LogP contribution in [-0.2, 0) is 4.79 Å². The lowest BCUT2D eigenvalue weighted by molar-refractivity contribution is -0.142. The van der Waals surface area contributed by atoms with Gasteiger partial charge in [-0.25, -0.2) is 0 Å². The van der Waals surface area contributed by atoms with Gasteiger partial charge >= 0.3 is 5.97 Å². The number of carbonyl (C=O) groups excluding carboxylic acids is 1. The Balaban J connectivity index is 2.25. The number of carboxylic acid groups (broad SMARTS) is 1. The number of hydrogen-bond donors (Lipinski definition) is 3. The predicted molar refractivity (Wildman–Crippen MR) is 71.4 cm³/mol. The van der Waals surface area contributed by atoms with Crippen molar-refractivity contribution in [3.8, 4) is 0 Å². The van der Waals surface area contributed by atoms with Gasteiger partial charge in [0.15, 0.2) is 0 Å². The highest BCUT2D eigenvalue weighted by molar-refractivity contribution is 6.33. The predicted octanol–water partition coefficient (Wildman–Crippen LogP) is 0.431. The molecule has 1 atom stereocenters. The largest absolute Gasteiger partial charge is 0.480 e. The number of benzene rings is 1. The number of halogens is 1. The van der Waals surface area contributed by atoms with Gasteiger partial charge in [-0.2, -0.15) is 0 Å². The van der Waals surface area contributed by atoms with Crippen molar-refractivity contribution in [2.45, 2.75) is 12.0 Å². The van der Waals surface area contributed by atoms with E-state index in [0.717, 1.165) is 0 Å². The molecule has 7 heteroatoms. The van der Waals surface area contributed by atoms with E-state index >= 15 is 0 Å². The van der Waals surface area contributed by atoms with Crippen LogP contribution in [0.3, 0.4) is 0 Å². The van der Waals surface area contributed by atoms with Gasteiger partial charge in [-0.1, -0.05) is 11.6 Å². The molecular weight excluding hydrogens is 270 g/mol. The summed E-state index contributed by atoms with van der Waals surface area (Å²) in [4.78, 5) is 23.9. The summed E-state index contributed by atoms with van der Waals surface area (Å²) in [5.41, 5.74) is 10.7. The number of nitrogens with two attached hydrogens (primary N) is 2. The van der Waals surface area contributed by atoms with E-state index in [1.165, 1.54) is 6.07 Å². The van der Waals surface area contributed by atoms with Gasteiger partial charge in [0.25, 0.3) is 0 Å². The maximum atomic E-state index is 11.1. The number of amides is 1. The zero-order chi connectivity index (χ0) is 14.2. The van der Waals surface area contributed by atoms with Gasteiger partial charge in [0, 0.05) is 18.7 Å². The normalized spacial score (nSPS) is 22.5. The quantitative estimate of drug-likeness (QED) is 0.745. The van der Waals surface area contributed by atoms with Crippen LogP contribution in [0.5, 0.6) is 0 Å². The summed E-state index contributed by atoms with van der Waals surface area (Å²) in [6.45, 7) is 0.677. The van der Waals surface area contributed by atoms with Crippen LogP contribution in [0.1, 0.15) is 16.8 Å². The number of aliphatic carboxylic acids is 1. The smallest absolute Gasteiger partial charge is 0.325 e. The van der Waals surface area contributed by atoms with E-state index in [1.54, 1.807) is 17.0 Å². The third-order valence-electron chi connectivity index (χ3n) is 3.30. The Morgan fingerprint density at radius 2 is 2.11 bits per heavy atom. The molecule has 1 amide bonds.